The average molecular weight is 483 g/mol. The fourth-order valence-corrected chi connectivity index (χ4v) is 5.23. The van der Waals surface area contributed by atoms with Crippen LogP contribution in [-0.2, 0) is 32.1 Å². The van der Waals surface area contributed by atoms with E-state index in [1.54, 1.807) is 12.1 Å². The normalized spacial score (nSPS) is 12.2. The van der Waals surface area contributed by atoms with Crippen LogP contribution in [0.1, 0.15) is 85.8 Å². The highest BCUT2D eigenvalue weighted by atomic mass is 19.2. The molecule has 0 aromatic heterocycles. The first-order chi connectivity index (χ1) is 16.9. The molecule has 0 radical (unpaired) electrons. The molecule has 0 heterocycles. The summed E-state index contributed by atoms with van der Waals surface area (Å²) in [5.74, 6) is -4.01. The Bertz CT molecular complexity index is 1180. The van der Waals surface area contributed by atoms with Gasteiger partial charge in [-0.1, -0.05) is 69.5 Å². The lowest BCUT2D eigenvalue weighted by atomic mass is 9.97. The number of rotatable bonds is 11. The molecule has 0 aliphatic heterocycles. The van der Waals surface area contributed by atoms with E-state index in [4.69, 9.17) is 0 Å². The monoisotopic (exact) mass is 482 g/mol. The smallest absolute Gasteiger partial charge is 0.167 e. The first-order valence-corrected chi connectivity index (χ1v) is 13.0. The molecule has 0 atom stereocenters. The average Bonchev–Trinajstić information content (AvgIpc) is 3.22. The fourth-order valence-electron chi connectivity index (χ4n) is 5.23. The lowest BCUT2D eigenvalue weighted by molar-refractivity contribution is 0.490. The minimum Gasteiger partial charge on any atom is -0.203 e. The molecule has 0 spiro atoms. The van der Waals surface area contributed by atoms with E-state index in [-0.39, 0.29) is 11.1 Å². The Morgan fingerprint density at radius 1 is 0.543 bits per heavy atom. The number of benzene rings is 3. The van der Waals surface area contributed by atoms with Gasteiger partial charge in [0.1, 0.15) is 0 Å². The molecule has 4 heteroatoms. The highest BCUT2D eigenvalue weighted by Crippen LogP contribution is 2.43. The van der Waals surface area contributed by atoms with E-state index < -0.39 is 23.3 Å². The number of hydrogen-bond donors (Lipinski definition) is 0. The van der Waals surface area contributed by atoms with Crippen LogP contribution in [0.25, 0.3) is 11.1 Å². The van der Waals surface area contributed by atoms with Crippen LogP contribution in [-0.4, -0.2) is 0 Å². The van der Waals surface area contributed by atoms with Crippen molar-refractivity contribution in [3.63, 3.8) is 0 Å². The molecule has 0 saturated carbocycles. The van der Waals surface area contributed by atoms with Crippen LogP contribution in [0.2, 0.25) is 0 Å². The Balaban J connectivity index is 1.41. The summed E-state index contributed by atoms with van der Waals surface area (Å²) in [6.45, 7) is 4.10. The maximum Gasteiger partial charge on any atom is 0.167 e. The van der Waals surface area contributed by atoms with Crippen molar-refractivity contribution in [3.8, 4) is 11.1 Å². The number of hydrogen-bond acceptors (Lipinski definition) is 0. The lowest BCUT2D eigenvalue weighted by Crippen LogP contribution is -2.02. The maximum atomic E-state index is 15.1. The summed E-state index contributed by atoms with van der Waals surface area (Å²) in [5.41, 5.74) is 4.08. The molecule has 0 nitrogen and oxygen atoms in total. The molecular weight excluding hydrogens is 448 g/mol. The molecule has 186 valence electrons. The van der Waals surface area contributed by atoms with Crippen molar-refractivity contribution >= 4 is 0 Å². The fraction of sp³-hybridized carbons (Fsp3) is 0.419. The first-order valence-electron chi connectivity index (χ1n) is 13.0. The van der Waals surface area contributed by atoms with Crippen molar-refractivity contribution in [1.29, 1.82) is 0 Å². The summed E-state index contributed by atoms with van der Waals surface area (Å²) in [5, 5.41) is 0. The molecule has 0 amide bonds. The quantitative estimate of drug-likeness (QED) is 0.148. The van der Waals surface area contributed by atoms with Gasteiger partial charge in [0.15, 0.2) is 23.3 Å². The number of halogens is 4. The van der Waals surface area contributed by atoms with Gasteiger partial charge < -0.3 is 0 Å². The largest absolute Gasteiger partial charge is 0.203 e. The van der Waals surface area contributed by atoms with Crippen molar-refractivity contribution in [3.05, 3.63) is 93.0 Å². The van der Waals surface area contributed by atoms with E-state index in [2.05, 4.69) is 31.2 Å². The van der Waals surface area contributed by atoms with Crippen molar-refractivity contribution in [2.24, 2.45) is 0 Å². The molecule has 0 unspecified atom stereocenters. The maximum absolute atomic E-state index is 15.1. The van der Waals surface area contributed by atoms with Crippen molar-refractivity contribution < 1.29 is 17.6 Å². The molecule has 4 rings (SSSR count). The van der Waals surface area contributed by atoms with Gasteiger partial charge >= 0.3 is 0 Å². The van der Waals surface area contributed by atoms with Gasteiger partial charge in [-0.15, -0.1) is 0 Å². The molecular formula is C31H34F4. The summed E-state index contributed by atoms with van der Waals surface area (Å²) in [7, 11) is 0. The van der Waals surface area contributed by atoms with Gasteiger partial charge in [0, 0.05) is 11.1 Å². The van der Waals surface area contributed by atoms with Gasteiger partial charge in [-0.2, -0.15) is 0 Å². The van der Waals surface area contributed by atoms with Gasteiger partial charge in [0.25, 0.3) is 0 Å². The zero-order valence-electron chi connectivity index (χ0n) is 20.8. The zero-order chi connectivity index (χ0) is 24.9. The molecule has 3 aromatic carbocycles. The topological polar surface area (TPSA) is 0 Å². The highest BCUT2D eigenvalue weighted by Gasteiger charge is 2.31. The SMILES string of the molecule is CCCCCc1ccc(CCCCc2cc3c(c(F)c2F)-c2c(cc(CCC)c(F)c2F)C3)cc1. The summed E-state index contributed by atoms with van der Waals surface area (Å²) >= 11 is 0. The van der Waals surface area contributed by atoms with Crippen LogP contribution in [0.4, 0.5) is 17.6 Å². The second kappa shape index (κ2) is 11.4. The van der Waals surface area contributed by atoms with Crippen LogP contribution in [0.3, 0.4) is 0 Å². The summed E-state index contributed by atoms with van der Waals surface area (Å²) in [4.78, 5) is 0. The Hall–Kier alpha value is -2.62. The van der Waals surface area contributed by atoms with E-state index >= 15 is 4.39 Å². The van der Waals surface area contributed by atoms with Crippen LogP contribution in [0.5, 0.6) is 0 Å². The van der Waals surface area contributed by atoms with E-state index in [0.717, 1.165) is 25.7 Å². The van der Waals surface area contributed by atoms with E-state index in [0.29, 0.717) is 47.9 Å². The molecule has 0 fully saturated rings. The molecule has 0 N–H and O–H groups in total. The van der Waals surface area contributed by atoms with Gasteiger partial charge in [-0.3, -0.25) is 0 Å². The number of fused-ring (bicyclic) bond motifs is 3. The summed E-state index contributed by atoms with van der Waals surface area (Å²) in [6, 6.07) is 12.0. The predicted molar refractivity (Wildman–Crippen MR) is 135 cm³/mol. The summed E-state index contributed by atoms with van der Waals surface area (Å²) < 4.78 is 59.3. The molecule has 0 bridgehead atoms. The Morgan fingerprint density at radius 3 is 1.49 bits per heavy atom. The van der Waals surface area contributed by atoms with Crippen LogP contribution < -0.4 is 0 Å². The van der Waals surface area contributed by atoms with E-state index in [9.17, 15) is 13.2 Å². The van der Waals surface area contributed by atoms with Crippen molar-refractivity contribution in [2.75, 3.05) is 0 Å². The van der Waals surface area contributed by atoms with Crippen LogP contribution >= 0.6 is 0 Å². The minimum absolute atomic E-state index is 0.111. The predicted octanol–water partition coefficient (Wildman–Crippen LogP) is 9.06. The standard InChI is InChI=1S/C31H34F4/c1-3-5-6-10-20-13-15-21(16-14-20)11-7-8-12-23-18-25-19-24-17-22(9-4-2)28(32)30(34)26(24)27(25)31(35)29(23)33/h13-18H,3-12,19H2,1-2H3. The molecule has 35 heavy (non-hydrogen) atoms. The second-order valence-electron chi connectivity index (χ2n) is 9.80. The third kappa shape index (κ3) is 5.47. The van der Waals surface area contributed by atoms with Gasteiger partial charge in [-0.25, -0.2) is 17.6 Å². The minimum atomic E-state index is -1.06. The van der Waals surface area contributed by atoms with E-state index in [1.165, 1.54) is 30.4 Å². The number of unbranched alkanes of at least 4 members (excludes halogenated alkanes) is 3. The van der Waals surface area contributed by atoms with E-state index in [1.807, 2.05) is 6.92 Å². The van der Waals surface area contributed by atoms with Crippen LogP contribution in [0, 0.1) is 23.3 Å². The third-order valence-corrected chi connectivity index (χ3v) is 7.13. The van der Waals surface area contributed by atoms with Crippen LogP contribution in [0.15, 0.2) is 36.4 Å². The first kappa shape index (κ1) is 25.5. The third-order valence-electron chi connectivity index (χ3n) is 7.13. The Labute approximate surface area is 206 Å². The lowest BCUT2D eigenvalue weighted by Gasteiger charge is -2.11. The van der Waals surface area contributed by atoms with Gasteiger partial charge in [0.2, 0.25) is 0 Å². The molecule has 1 aliphatic carbocycles. The van der Waals surface area contributed by atoms with Gasteiger partial charge in [-0.05, 0) is 84.7 Å². The molecule has 0 saturated heterocycles. The van der Waals surface area contributed by atoms with Crippen molar-refractivity contribution in [1.82, 2.24) is 0 Å². The second-order valence-corrected chi connectivity index (χ2v) is 9.80. The molecule has 3 aromatic rings. The Kier molecular flexibility index (Phi) is 8.30. The molecule has 1 aliphatic rings. The highest BCUT2D eigenvalue weighted by molar-refractivity contribution is 5.79. The van der Waals surface area contributed by atoms with Gasteiger partial charge in [0.05, 0.1) is 0 Å². The summed E-state index contributed by atoms with van der Waals surface area (Å²) in [6.07, 6.45) is 9.08. The number of aryl methyl sites for hydroxylation is 4. The Morgan fingerprint density at radius 2 is 1.00 bits per heavy atom. The zero-order valence-corrected chi connectivity index (χ0v) is 20.8. The van der Waals surface area contributed by atoms with Crippen molar-refractivity contribution in [2.45, 2.75) is 84.5 Å².